The Hall–Kier alpha value is -3.13. The van der Waals surface area contributed by atoms with E-state index >= 15 is 0 Å². The van der Waals surface area contributed by atoms with Crippen molar-refractivity contribution in [1.29, 1.82) is 0 Å². The molecule has 0 atom stereocenters. The molecular weight excluding hydrogens is 401 g/mol. The highest BCUT2D eigenvalue weighted by atomic mass is 32.2. The summed E-state index contributed by atoms with van der Waals surface area (Å²) in [6.45, 7) is 0.497. The molecule has 3 aromatic carbocycles. The van der Waals surface area contributed by atoms with Crippen molar-refractivity contribution in [1.82, 2.24) is 0 Å². The smallest absolute Gasteiger partial charge is 0.261 e. The first kappa shape index (κ1) is 19.2. The first-order valence-electron chi connectivity index (χ1n) is 8.75. The molecule has 0 aliphatic carbocycles. The summed E-state index contributed by atoms with van der Waals surface area (Å²) >= 11 is 0. The fourth-order valence-electron chi connectivity index (χ4n) is 3.21. The third-order valence-corrected chi connectivity index (χ3v) is 5.94. The van der Waals surface area contributed by atoms with Crippen molar-refractivity contribution < 1.29 is 21.6 Å². The maximum Gasteiger partial charge on any atom is 0.261 e. The molecule has 0 spiro atoms. The van der Waals surface area contributed by atoms with E-state index < -0.39 is 26.6 Å². The van der Waals surface area contributed by atoms with Crippen LogP contribution in [0.1, 0.15) is 16.7 Å². The summed E-state index contributed by atoms with van der Waals surface area (Å²) in [5.41, 5.74) is 3.16. The minimum atomic E-state index is -4.11. The first-order chi connectivity index (χ1) is 13.8. The van der Waals surface area contributed by atoms with Gasteiger partial charge in [-0.05, 0) is 60.5 Å². The summed E-state index contributed by atoms with van der Waals surface area (Å²) < 4.78 is 67.4. The van der Waals surface area contributed by atoms with E-state index in [1.165, 1.54) is 18.2 Å². The zero-order valence-corrected chi connectivity index (χ0v) is 15.8. The number of sulfonamides is 1. The zero-order valence-electron chi connectivity index (χ0n) is 15.0. The number of rotatable bonds is 4. The molecule has 29 heavy (non-hydrogen) atoms. The Labute approximate surface area is 165 Å². The summed E-state index contributed by atoms with van der Waals surface area (Å²) in [6.07, 6.45) is 0.624. The van der Waals surface area contributed by atoms with Crippen molar-refractivity contribution in [3.8, 4) is 0 Å². The van der Waals surface area contributed by atoms with Gasteiger partial charge in [-0.3, -0.25) is 9.71 Å². The molecule has 148 valence electrons. The Morgan fingerprint density at radius 3 is 2.52 bits per heavy atom. The molecule has 0 amide bonds. The van der Waals surface area contributed by atoms with Gasteiger partial charge in [0, 0.05) is 23.4 Å². The predicted octanol–water partition coefficient (Wildman–Crippen LogP) is 4.30. The Bertz CT molecular complexity index is 1240. The Morgan fingerprint density at radius 2 is 1.72 bits per heavy atom. The summed E-state index contributed by atoms with van der Waals surface area (Å²) in [6, 6.07) is 13.4. The van der Waals surface area contributed by atoms with Crippen molar-refractivity contribution in [2.75, 3.05) is 11.3 Å². The lowest BCUT2D eigenvalue weighted by molar-refractivity contribution is 0.504. The number of nitrogens with zero attached hydrogens (tertiary/aromatic N) is 1. The van der Waals surface area contributed by atoms with Gasteiger partial charge in [-0.15, -0.1) is 0 Å². The normalized spacial score (nSPS) is 13.6. The third-order valence-electron chi connectivity index (χ3n) is 4.56. The van der Waals surface area contributed by atoms with Crippen LogP contribution in [-0.2, 0) is 16.4 Å². The summed E-state index contributed by atoms with van der Waals surface area (Å²) in [4.78, 5) is 4.12. The fraction of sp³-hybridized carbons (Fsp3) is 0.0952. The summed E-state index contributed by atoms with van der Waals surface area (Å²) in [7, 11) is -4.11. The minimum Gasteiger partial charge on any atom is -0.284 e. The van der Waals surface area contributed by atoms with Crippen LogP contribution in [0.3, 0.4) is 0 Å². The highest BCUT2D eigenvalue weighted by Crippen LogP contribution is 2.24. The van der Waals surface area contributed by atoms with Gasteiger partial charge in [0.1, 0.15) is 5.82 Å². The third kappa shape index (κ3) is 3.88. The Morgan fingerprint density at radius 1 is 0.897 bits per heavy atom. The molecule has 1 aliphatic rings. The lowest BCUT2D eigenvalue weighted by Crippen LogP contribution is -2.16. The minimum absolute atomic E-state index is 0.240. The van der Waals surface area contributed by atoms with E-state index in [9.17, 15) is 21.6 Å². The Balaban J connectivity index is 1.66. The second-order valence-corrected chi connectivity index (χ2v) is 8.23. The number of nitrogens with one attached hydrogen (secondary N) is 1. The standard InChI is InChI=1S/C21H15F3N2O2S/c22-15-4-6-18-13(10-15)8-9-25-21(18)14-2-1-3-16(11-14)26-29(27,28)17-5-7-19(23)20(24)12-17/h1-7,10-12,26H,8-9H2. The van der Waals surface area contributed by atoms with Crippen LogP contribution in [0.25, 0.3) is 0 Å². The van der Waals surface area contributed by atoms with Crippen molar-refractivity contribution >= 4 is 21.4 Å². The molecule has 8 heteroatoms. The molecule has 0 unspecified atom stereocenters. The highest BCUT2D eigenvalue weighted by Gasteiger charge is 2.19. The molecule has 1 aliphatic heterocycles. The highest BCUT2D eigenvalue weighted by molar-refractivity contribution is 7.92. The van der Waals surface area contributed by atoms with Gasteiger partial charge in [-0.25, -0.2) is 21.6 Å². The molecule has 1 N–H and O–H groups in total. The largest absolute Gasteiger partial charge is 0.284 e. The summed E-state index contributed by atoms with van der Waals surface area (Å²) in [5.74, 6) is -2.70. The zero-order chi connectivity index (χ0) is 20.6. The number of anilines is 1. The van der Waals surface area contributed by atoms with Crippen molar-refractivity contribution in [3.05, 3.63) is 94.8 Å². The first-order valence-corrected chi connectivity index (χ1v) is 10.2. The van der Waals surface area contributed by atoms with Gasteiger partial charge in [-0.2, -0.15) is 0 Å². The average Bonchev–Trinajstić information content (AvgIpc) is 2.69. The molecule has 0 saturated carbocycles. The maximum atomic E-state index is 13.5. The molecule has 1 heterocycles. The van der Waals surface area contributed by atoms with E-state index in [-0.39, 0.29) is 11.5 Å². The Kier molecular flexibility index (Phi) is 4.87. The van der Waals surface area contributed by atoms with Gasteiger partial charge in [0.25, 0.3) is 10.0 Å². The van der Waals surface area contributed by atoms with Crippen LogP contribution >= 0.6 is 0 Å². The van der Waals surface area contributed by atoms with Gasteiger partial charge in [0.2, 0.25) is 0 Å². The molecule has 4 rings (SSSR count). The van der Waals surface area contributed by atoms with E-state index in [0.717, 1.165) is 23.3 Å². The predicted molar refractivity (Wildman–Crippen MR) is 104 cm³/mol. The van der Waals surface area contributed by atoms with E-state index in [1.54, 1.807) is 24.3 Å². The molecule has 0 saturated heterocycles. The lowest BCUT2D eigenvalue weighted by Gasteiger charge is -2.18. The summed E-state index contributed by atoms with van der Waals surface area (Å²) in [5, 5.41) is 0. The lowest BCUT2D eigenvalue weighted by atomic mass is 9.93. The number of halogens is 3. The number of fused-ring (bicyclic) bond motifs is 1. The molecular formula is C21H15F3N2O2S. The number of aliphatic imine (C=N–C) groups is 1. The monoisotopic (exact) mass is 416 g/mol. The van der Waals surface area contributed by atoms with Crippen molar-refractivity contribution in [2.24, 2.45) is 4.99 Å². The number of hydrogen-bond acceptors (Lipinski definition) is 3. The van der Waals surface area contributed by atoms with Crippen LogP contribution in [0.4, 0.5) is 18.9 Å². The topological polar surface area (TPSA) is 58.5 Å². The van der Waals surface area contributed by atoms with E-state index in [4.69, 9.17) is 0 Å². The molecule has 4 nitrogen and oxygen atoms in total. The van der Waals surface area contributed by atoms with Crippen LogP contribution in [0, 0.1) is 17.5 Å². The SMILES string of the molecule is O=S(=O)(Nc1cccc(C2=NCCc3cc(F)ccc32)c1)c1ccc(F)c(F)c1. The molecule has 0 radical (unpaired) electrons. The van der Waals surface area contributed by atoms with E-state index in [2.05, 4.69) is 9.71 Å². The number of hydrogen-bond donors (Lipinski definition) is 1. The van der Waals surface area contributed by atoms with Crippen LogP contribution < -0.4 is 4.72 Å². The van der Waals surface area contributed by atoms with Crippen LogP contribution in [0.2, 0.25) is 0 Å². The molecule has 0 aromatic heterocycles. The van der Waals surface area contributed by atoms with Crippen molar-refractivity contribution in [3.63, 3.8) is 0 Å². The van der Waals surface area contributed by atoms with Crippen molar-refractivity contribution in [2.45, 2.75) is 11.3 Å². The van der Waals surface area contributed by atoms with Crippen LogP contribution in [0.5, 0.6) is 0 Å². The second-order valence-electron chi connectivity index (χ2n) is 6.54. The second kappa shape index (κ2) is 7.36. The van der Waals surface area contributed by atoms with E-state index in [1.807, 2.05) is 0 Å². The van der Waals surface area contributed by atoms with Gasteiger partial charge < -0.3 is 0 Å². The van der Waals surface area contributed by atoms with Gasteiger partial charge in [0.15, 0.2) is 11.6 Å². The maximum absolute atomic E-state index is 13.5. The van der Waals surface area contributed by atoms with Crippen LogP contribution in [-0.4, -0.2) is 20.7 Å². The number of benzene rings is 3. The van der Waals surface area contributed by atoms with E-state index in [0.29, 0.717) is 30.3 Å². The fourth-order valence-corrected chi connectivity index (χ4v) is 4.27. The van der Waals surface area contributed by atoms with Gasteiger partial charge in [0.05, 0.1) is 10.6 Å². The molecule has 0 fully saturated rings. The van der Waals surface area contributed by atoms with Gasteiger partial charge >= 0.3 is 0 Å². The molecule has 0 bridgehead atoms. The van der Waals surface area contributed by atoms with Gasteiger partial charge in [-0.1, -0.05) is 12.1 Å². The van der Waals surface area contributed by atoms with Crippen LogP contribution in [0.15, 0.2) is 70.6 Å². The average molecular weight is 416 g/mol. The molecule has 3 aromatic rings. The quantitative estimate of drug-likeness (QED) is 0.690.